The zero-order valence-corrected chi connectivity index (χ0v) is 8.49. The molecule has 14 heavy (non-hydrogen) atoms. The number of hydrazine groups is 1. The largest absolute Gasteiger partial charge is 0.325 e. The Morgan fingerprint density at radius 2 is 1.93 bits per heavy atom. The molecule has 0 aliphatic heterocycles. The molecule has 0 unspecified atom stereocenters. The van der Waals surface area contributed by atoms with Crippen LogP contribution in [-0.4, -0.2) is 12.0 Å². The molecule has 76 valence electrons. The van der Waals surface area contributed by atoms with Crippen LogP contribution in [0.15, 0.2) is 35.3 Å². The molecule has 0 spiro atoms. The third kappa shape index (κ3) is 3.45. The van der Waals surface area contributed by atoms with E-state index < -0.39 is 0 Å². The van der Waals surface area contributed by atoms with Gasteiger partial charge in [0.15, 0.2) is 0 Å². The summed E-state index contributed by atoms with van der Waals surface area (Å²) in [5, 5.41) is 3.07. The van der Waals surface area contributed by atoms with Crippen LogP contribution in [0.1, 0.15) is 13.8 Å². The first-order chi connectivity index (χ1) is 6.72. The highest BCUT2D eigenvalue weighted by molar-refractivity contribution is 5.93. The molecule has 0 heterocycles. The first-order valence-electron chi connectivity index (χ1n) is 4.59. The Morgan fingerprint density at radius 1 is 1.29 bits per heavy atom. The molecule has 1 rings (SSSR count). The van der Waals surface area contributed by atoms with Crippen LogP contribution in [0.2, 0.25) is 0 Å². The minimum Gasteiger partial charge on any atom is -0.325 e. The number of aliphatic imine (C=N–C) groups is 1. The van der Waals surface area contributed by atoms with E-state index in [0.29, 0.717) is 5.96 Å². The lowest BCUT2D eigenvalue weighted by Crippen LogP contribution is -2.36. The van der Waals surface area contributed by atoms with Crippen molar-refractivity contribution in [2.75, 3.05) is 5.32 Å². The van der Waals surface area contributed by atoms with Gasteiger partial charge in [-0.05, 0) is 26.0 Å². The fourth-order valence-corrected chi connectivity index (χ4v) is 1.02. The molecule has 4 N–H and O–H groups in total. The van der Waals surface area contributed by atoms with Crippen LogP contribution >= 0.6 is 0 Å². The van der Waals surface area contributed by atoms with Crippen LogP contribution < -0.4 is 16.6 Å². The van der Waals surface area contributed by atoms with Crippen LogP contribution in [0.4, 0.5) is 5.69 Å². The normalized spacial score (nSPS) is 11.6. The molecular formula is C10H16N4. The molecule has 0 aliphatic rings. The number of hydrogen-bond acceptors (Lipinski definition) is 2. The molecule has 0 atom stereocenters. The summed E-state index contributed by atoms with van der Waals surface area (Å²) in [7, 11) is 0. The van der Waals surface area contributed by atoms with Gasteiger partial charge in [0.25, 0.3) is 0 Å². The predicted octanol–water partition coefficient (Wildman–Crippen LogP) is 1.33. The molecule has 0 aromatic heterocycles. The molecule has 0 saturated carbocycles. The highest BCUT2D eigenvalue weighted by Crippen LogP contribution is 2.04. The van der Waals surface area contributed by atoms with Gasteiger partial charge in [0.05, 0.1) is 0 Å². The van der Waals surface area contributed by atoms with E-state index in [1.54, 1.807) is 0 Å². The Bertz CT molecular complexity index is 292. The van der Waals surface area contributed by atoms with Gasteiger partial charge in [0.2, 0.25) is 5.96 Å². The number of nitrogens with one attached hydrogen (secondary N) is 2. The molecule has 1 aromatic rings. The number of anilines is 1. The first kappa shape index (κ1) is 10.5. The van der Waals surface area contributed by atoms with E-state index in [1.807, 2.05) is 44.2 Å². The summed E-state index contributed by atoms with van der Waals surface area (Å²) in [5.74, 6) is 5.90. The van der Waals surface area contributed by atoms with Gasteiger partial charge in [-0.1, -0.05) is 18.2 Å². The van der Waals surface area contributed by atoms with E-state index in [1.165, 1.54) is 0 Å². The Hall–Kier alpha value is -1.55. The van der Waals surface area contributed by atoms with E-state index in [9.17, 15) is 0 Å². The number of rotatable bonds is 2. The van der Waals surface area contributed by atoms with Crippen LogP contribution in [0.3, 0.4) is 0 Å². The number of nitrogens with two attached hydrogens (primary N) is 1. The second-order valence-corrected chi connectivity index (χ2v) is 3.21. The molecule has 4 nitrogen and oxygen atoms in total. The summed E-state index contributed by atoms with van der Waals surface area (Å²) in [6, 6.07) is 9.97. The summed E-state index contributed by atoms with van der Waals surface area (Å²) in [5.41, 5.74) is 3.48. The average Bonchev–Trinajstić information content (AvgIpc) is 2.17. The van der Waals surface area contributed by atoms with Crippen molar-refractivity contribution in [3.8, 4) is 0 Å². The van der Waals surface area contributed by atoms with Crippen molar-refractivity contribution < 1.29 is 0 Å². The van der Waals surface area contributed by atoms with Crippen molar-refractivity contribution in [3.05, 3.63) is 30.3 Å². The van der Waals surface area contributed by atoms with Gasteiger partial charge in [-0.15, -0.1) is 0 Å². The number of benzene rings is 1. The summed E-state index contributed by atoms with van der Waals surface area (Å²) in [6.07, 6.45) is 0. The van der Waals surface area contributed by atoms with Crippen LogP contribution in [-0.2, 0) is 0 Å². The molecule has 0 bridgehead atoms. The van der Waals surface area contributed by atoms with Gasteiger partial charge in [-0.25, -0.2) is 10.8 Å². The maximum absolute atomic E-state index is 5.33. The highest BCUT2D eigenvalue weighted by Gasteiger charge is 1.97. The van der Waals surface area contributed by atoms with Crippen LogP contribution in [0.25, 0.3) is 0 Å². The predicted molar refractivity (Wildman–Crippen MR) is 60.0 cm³/mol. The highest BCUT2D eigenvalue weighted by atomic mass is 15.3. The number of guanidine groups is 1. The minimum atomic E-state index is 0.206. The van der Waals surface area contributed by atoms with Crippen molar-refractivity contribution in [2.24, 2.45) is 10.8 Å². The lowest BCUT2D eigenvalue weighted by atomic mass is 10.3. The van der Waals surface area contributed by atoms with Gasteiger partial charge >= 0.3 is 0 Å². The second kappa shape index (κ2) is 5.24. The fraction of sp³-hybridized carbons (Fsp3) is 0.300. The Labute approximate surface area is 84.2 Å². The lowest BCUT2D eigenvalue weighted by molar-refractivity contribution is 0.819. The third-order valence-electron chi connectivity index (χ3n) is 1.56. The van der Waals surface area contributed by atoms with E-state index in [0.717, 1.165) is 5.69 Å². The molecule has 0 aliphatic carbocycles. The van der Waals surface area contributed by atoms with Gasteiger partial charge in [-0.3, -0.25) is 5.43 Å². The molecular weight excluding hydrogens is 176 g/mol. The Balaban J connectivity index is 2.67. The van der Waals surface area contributed by atoms with E-state index in [4.69, 9.17) is 5.84 Å². The molecule has 1 aromatic carbocycles. The van der Waals surface area contributed by atoms with Gasteiger partial charge in [0.1, 0.15) is 0 Å². The molecule has 4 heteroatoms. The van der Waals surface area contributed by atoms with Crippen molar-refractivity contribution >= 4 is 11.6 Å². The van der Waals surface area contributed by atoms with Crippen molar-refractivity contribution in [1.29, 1.82) is 0 Å². The van der Waals surface area contributed by atoms with E-state index in [-0.39, 0.29) is 6.04 Å². The van der Waals surface area contributed by atoms with Crippen LogP contribution in [0.5, 0.6) is 0 Å². The smallest absolute Gasteiger partial charge is 0.210 e. The number of para-hydroxylation sites is 1. The number of nitrogens with zero attached hydrogens (tertiary/aromatic N) is 1. The lowest BCUT2D eigenvalue weighted by Gasteiger charge is -2.09. The van der Waals surface area contributed by atoms with E-state index >= 15 is 0 Å². The SMILES string of the molecule is CC(C)N=C(NN)Nc1ccccc1. The molecule has 0 fully saturated rings. The van der Waals surface area contributed by atoms with Crippen molar-refractivity contribution in [3.63, 3.8) is 0 Å². The van der Waals surface area contributed by atoms with Gasteiger partial charge in [-0.2, -0.15) is 0 Å². The molecule has 0 amide bonds. The maximum atomic E-state index is 5.33. The summed E-state index contributed by atoms with van der Waals surface area (Å²) >= 11 is 0. The maximum Gasteiger partial charge on any atom is 0.210 e. The standard InChI is InChI=1S/C10H16N4/c1-8(2)12-10(14-11)13-9-6-4-3-5-7-9/h3-8H,11H2,1-2H3,(H2,12,13,14). The summed E-state index contributed by atoms with van der Waals surface area (Å²) < 4.78 is 0. The van der Waals surface area contributed by atoms with E-state index in [2.05, 4.69) is 15.7 Å². The minimum absolute atomic E-state index is 0.206. The number of hydrogen-bond donors (Lipinski definition) is 3. The first-order valence-corrected chi connectivity index (χ1v) is 4.59. The fourth-order valence-electron chi connectivity index (χ4n) is 1.02. The van der Waals surface area contributed by atoms with Crippen molar-refractivity contribution in [2.45, 2.75) is 19.9 Å². The zero-order valence-electron chi connectivity index (χ0n) is 8.49. The van der Waals surface area contributed by atoms with Crippen molar-refractivity contribution in [1.82, 2.24) is 5.43 Å². The molecule has 0 radical (unpaired) electrons. The monoisotopic (exact) mass is 192 g/mol. The quantitative estimate of drug-likeness (QED) is 0.287. The summed E-state index contributed by atoms with van der Waals surface area (Å²) in [6.45, 7) is 3.98. The van der Waals surface area contributed by atoms with Gasteiger partial charge < -0.3 is 5.32 Å². The van der Waals surface area contributed by atoms with Gasteiger partial charge in [0, 0.05) is 11.7 Å². The third-order valence-corrected chi connectivity index (χ3v) is 1.56. The average molecular weight is 192 g/mol. The Kier molecular flexibility index (Phi) is 3.94. The summed E-state index contributed by atoms with van der Waals surface area (Å²) in [4.78, 5) is 4.26. The zero-order chi connectivity index (χ0) is 10.4. The Morgan fingerprint density at radius 3 is 2.43 bits per heavy atom. The van der Waals surface area contributed by atoms with Crippen LogP contribution in [0, 0.1) is 0 Å². The molecule has 0 saturated heterocycles. The topological polar surface area (TPSA) is 62.4 Å². The second-order valence-electron chi connectivity index (χ2n) is 3.21.